The second kappa shape index (κ2) is 11.1. The van der Waals surface area contributed by atoms with Crippen LogP contribution in [0.5, 0.6) is 0 Å². The number of carbonyl (C=O) groups excluding carboxylic acids is 1. The van der Waals surface area contributed by atoms with E-state index in [4.69, 9.17) is 9.47 Å². The van der Waals surface area contributed by atoms with Gasteiger partial charge < -0.3 is 20.1 Å². The Morgan fingerprint density at radius 1 is 1.00 bits per heavy atom. The molecule has 120 valence electrons. The van der Waals surface area contributed by atoms with Gasteiger partial charge in [-0.15, -0.1) is 0 Å². The second-order valence-electron chi connectivity index (χ2n) is 6.42. The summed E-state index contributed by atoms with van der Waals surface area (Å²) < 4.78 is 10.8. The topological polar surface area (TPSA) is 59.6 Å². The lowest BCUT2D eigenvalue weighted by molar-refractivity contribution is -0.123. The zero-order valence-electron chi connectivity index (χ0n) is 13.8. The molecule has 0 aliphatic rings. The molecule has 0 saturated heterocycles. The van der Waals surface area contributed by atoms with E-state index < -0.39 is 0 Å². The lowest BCUT2D eigenvalue weighted by Crippen LogP contribution is -2.30. The number of carbonyl (C=O) groups is 1. The molecule has 2 N–H and O–H groups in total. The number of hydrogen-bond donors (Lipinski definition) is 2. The van der Waals surface area contributed by atoms with Gasteiger partial charge in [-0.2, -0.15) is 0 Å². The fourth-order valence-corrected chi connectivity index (χ4v) is 1.55. The van der Waals surface area contributed by atoms with Gasteiger partial charge in [-0.25, -0.2) is 0 Å². The van der Waals surface area contributed by atoms with Crippen molar-refractivity contribution >= 4 is 5.91 Å². The third-order valence-electron chi connectivity index (χ3n) is 2.43. The molecule has 0 bridgehead atoms. The van der Waals surface area contributed by atoms with Crippen molar-refractivity contribution in [3.05, 3.63) is 0 Å². The van der Waals surface area contributed by atoms with Gasteiger partial charge in [-0.1, -0.05) is 34.6 Å². The summed E-state index contributed by atoms with van der Waals surface area (Å²) in [4.78, 5) is 11.5. The molecule has 0 aromatic rings. The lowest BCUT2D eigenvalue weighted by atomic mass is 9.92. The first-order chi connectivity index (χ1) is 9.31. The van der Waals surface area contributed by atoms with Crippen LogP contribution in [0, 0.1) is 5.41 Å². The fraction of sp³-hybridized carbons (Fsp3) is 0.933. The maximum absolute atomic E-state index is 11.5. The second-order valence-corrected chi connectivity index (χ2v) is 6.42. The summed E-state index contributed by atoms with van der Waals surface area (Å²) in [5, 5.41) is 6.12. The predicted octanol–water partition coefficient (Wildman–Crippen LogP) is 1.57. The molecule has 1 amide bonds. The molecule has 0 fully saturated rings. The smallest absolute Gasteiger partial charge is 0.220 e. The average molecular weight is 288 g/mol. The number of rotatable bonds is 11. The van der Waals surface area contributed by atoms with Crippen LogP contribution in [-0.2, 0) is 14.3 Å². The van der Waals surface area contributed by atoms with Gasteiger partial charge in [0.05, 0.1) is 26.4 Å². The molecule has 0 aliphatic heterocycles. The van der Waals surface area contributed by atoms with Crippen molar-refractivity contribution in [2.75, 3.05) is 39.5 Å². The highest BCUT2D eigenvalue weighted by Crippen LogP contribution is 2.17. The largest absolute Gasteiger partial charge is 0.378 e. The third-order valence-corrected chi connectivity index (χ3v) is 2.43. The van der Waals surface area contributed by atoms with Crippen molar-refractivity contribution < 1.29 is 14.3 Å². The summed E-state index contributed by atoms with van der Waals surface area (Å²) in [6, 6.07) is 0.492. The van der Waals surface area contributed by atoms with Crippen LogP contribution in [0.25, 0.3) is 0 Å². The summed E-state index contributed by atoms with van der Waals surface area (Å²) >= 11 is 0. The maximum Gasteiger partial charge on any atom is 0.220 e. The summed E-state index contributed by atoms with van der Waals surface area (Å²) in [6.07, 6.45) is 0.541. The van der Waals surface area contributed by atoms with Crippen LogP contribution in [0.15, 0.2) is 0 Å². The molecule has 0 atom stereocenters. The summed E-state index contributed by atoms with van der Waals surface area (Å²) in [6.45, 7) is 14.2. The average Bonchev–Trinajstić information content (AvgIpc) is 2.28. The number of nitrogens with one attached hydrogen (secondary N) is 2. The van der Waals surface area contributed by atoms with E-state index in [0.29, 0.717) is 45.4 Å². The van der Waals surface area contributed by atoms with Crippen LogP contribution in [0.3, 0.4) is 0 Å². The fourth-order valence-electron chi connectivity index (χ4n) is 1.55. The molecular weight excluding hydrogens is 256 g/mol. The van der Waals surface area contributed by atoms with E-state index in [1.165, 1.54) is 0 Å². The molecule has 20 heavy (non-hydrogen) atoms. The minimum atomic E-state index is 0.0306. The van der Waals surface area contributed by atoms with E-state index in [9.17, 15) is 4.79 Å². The van der Waals surface area contributed by atoms with Crippen molar-refractivity contribution in [2.24, 2.45) is 5.41 Å². The van der Waals surface area contributed by atoms with E-state index >= 15 is 0 Å². The van der Waals surface area contributed by atoms with Gasteiger partial charge >= 0.3 is 0 Å². The van der Waals surface area contributed by atoms with Crippen molar-refractivity contribution in [1.29, 1.82) is 0 Å². The molecule has 5 nitrogen and oxygen atoms in total. The highest BCUT2D eigenvalue weighted by molar-refractivity contribution is 5.76. The summed E-state index contributed by atoms with van der Waals surface area (Å²) in [7, 11) is 0. The SMILES string of the molecule is CC(C)NCCOCCOCCNC(=O)CC(C)(C)C. The van der Waals surface area contributed by atoms with Crippen molar-refractivity contribution in [1.82, 2.24) is 10.6 Å². The molecule has 0 rings (SSSR count). The van der Waals surface area contributed by atoms with Gasteiger partial charge in [0.15, 0.2) is 0 Å². The van der Waals surface area contributed by atoms with Gasteiger partial charge in [0.25, 0.3) is 0 Å². The first kappa shape index (κ1) is 19.4. The Hall–Kier alpha value is -0.650. The molecular formula is C15H32N2O3. The molecule has 0 unspecified atom stereocenters. The van der Waals surface area contributed by atoms with E-state index in [0.717, 1.165) is 6.54 Å². The molecule has 0 spiro atoms. The van der Waals surface area contributed by atoms with Crippen molar-refractivity contribution in [2.45, 2.75) is 47.1 Å². The van der Waals surface area contributed by atoms with Gasteiger partial charge in [0, 0.05) is 25.6 Å². The van der Waals surface area contributed by atoms with Gasteiger partial charge in [-0.3, -0.25) is 4.79 Å². The first-order valence-corrected chi connectivity index (χ1v) is 7.47. The summed E-state index contributed by atoms with van der Waals surface area (Å²) in [5.74, 6) is 0.0807. The van der Waals surface area contributed by atoms with E-state index in [1.807, 2.05) is 0 Å². The molecule has 0 aliphatic carbocycles. The maximum atomic E-state index is 11.5. The van der Waals surface area contributed by atoms with Gasteiger partial charge in [-0.05, 0) is 5.41 Å². The molecule has 0 aromatic heterocycles. The van der Waals surface area contributed by atoms with Crippen molar-refractivity contribution in [3.63, 3.8) is 0 Å². The monoisotopic (exact) mass is 288 g/mol. The minimum Gasteiger partial charge on any atom is -0.378 e. The van der Waals surface area contributed by atoms with Crippen LogP contribution in [-0.4, -0.2) is 51.5 Å². The minimum absolute atomic E-state index is 0.0306. The van der Waals surface area contributed by atoms with Crippen LogP contribution < -0.4 is 10.6 Å². The number of ether oxygens (including phenoxy) is 2. The molecule has 0 aromatic carbocycles. The molecule has 0 saturated carbocycles. The molecule has 0 radical (unpaired) electrons. The molecule has 5 heteroatoms. The van der Waals surface area contributed by atoms with Crippen LogP contribution >= 0.6 is 0 Å². The standard InChI is InChI=1S/C15H32N2O3/c1-13(2)16-6-8-19-10-11-20-9-7-17-14(18)12-15(3,4)5/h13,16H,6-12H2,1-5H3,(H,17,18). The molecule has 0 heterocycles. The Morgan fingerprint density at radius 3 is 2.05 bits per heavy atom. The number of hydrogen-bond acceptors (Lipinski definition) is 4. The van der Waals surface area contributed by atoms with Crippen molar-refractivity contribution in [3.8, 4) is 0 Å². The Morgan fingerprint density at radius 2 is 1.55 bits per heavy atom. The quantitative estimate of drug-likeness (QED) is 0.567. The zero-order valence-corrected chi connectivity index (χ0v) is 13.8. The number of amides is 1. The predicted molar refractivity (Wildman–Crippen MR) is 81.9 cm³/mol. The first-order valence-electron chi connectivity index (χ1n) is 7.47. The van der Waals surface area contributed by atoms with E-state index in [2.05, 4.69) is 45.3 Å². The Kier molecular flexibility index (Phi) is 10.7. The Labute approximate surface area is 123 Å². The lowest BCUT2D eigenvalue weighted by Gasteiger charge is -2.17. The normalized spacial score (nSPS) is 11.9. The van der Waals surface area contributed by atoms with Crippen LogP contribution in [0.4, 0.5) is 0 Å². The summed E-state index contributed by atoms with van der Waals surface area (Å²) in [5.41, 5.74) is 0.0306. The van der Waals surface area contributed by atoms with Crippen LogP contribution in [0.2, 0.25) is 0 Å². The van der Waals surface area contributed by atoms with Gasteiger partial charge in [0.1, 0.15) is 0 Å². The van der Waals surface area contributed by atoms with E-state index in [-0.39, 0.29) is 11.3 Å². The highest BCUT2D eigenvalue weighted by Gasteiger charge is 2.15. The van der Waals surface area contributed by atoms with Crippen LogP contribution in [0.1, 0.15) is 41.0 Å². The highest BCUT2D eigenvalue weighted by atomic mass is 16.5. The van der Waals surface area contributed by atoms with Gasteiger partial charge in [0.2, 0.25) is 5.91 Å². The Bertz CT molecular complexity index is 250. The zero-order chi connectivity index (χ0) is 15.4. The Balaban J connectivity index is 3.23. The van der Waals surface area contributed by atoms with E-state index in [1.54, 1.807) is 0 Å². The third kappa shape index (κ3) is 15.4.